The van der Waals surface area contributed by atoms with Gasteiger partial charge in [0.05, 0.1) is 17.7 Å². The molecule has 0 bridgehead atoms. The van der Waals surface area contributed by atoms with Crippen LogP contribution in [0.15, 0.2) is 108 Å². The van der Waals surface area contributed by atoms with Gasteiger partial charge in [0.25, 0.3) is 10.0 Å². The van der Waals surface area contributed by atoms with E-state index in [-0.39, 0.29) is 35.5 Å². The summed E-state index contributed by atoms with van der Waals surface area (Å²) >= 11 is 12.5. The van der Waals surface area contributed by atoms with E-state index in [9.17, 15) is 18.0 Å². The maximum absolute atomic E-state index is 14.7. The minimum Gasteiger partial charge on any atom is -0.497 e. The molecule has 4 aromatic rings. The second-order valence-electron chi connectivity index (χ2n) is 11.9. The van der Waals surface area contributed by atoms with Crippen LogP contribution in [0.3, 0.4) is 0 Å². The highest BCUT2D eigenvalue weighted by Gasteiger charge is 2.35. The van der Waals surface area contributed by atoms with Crippen molar-refractivity contribution in [3.05, 3.63) is 124 Å². The average molecular weight is 709 g/mol. The summed E-state index contributed by atoms with van der Waals surface area (Å²) in [7, 11) is -2.77. The summed E-state index contributed by atoms with van der Waals surface area (Å²) < 4.78 is 34.7. The number of carbonyl (C=O) groups is 2. The van der Waals surface area contributed by atoms with Crippen LogP contribution in [0.4, 0.5) is 5.69 Å². The molecule has 11 heteroatoms. The van der Waals surface area contributed by atoms with E-state index in [0.29, 0.717) is 21.4 Å². The SMILES string of the molecule is COc1ccc(S(=O)(=O)N(CC(=O)N(Cc2cccc(Cl)c2)[C@@H](Cc2ccccc2)C(=O)NC2CCCCC2)c2ccc(Cl)cc2)cc1. The summed E-state index contributed by atoms with van der Waals surface area (Å²) in [6.45, 7) is -0.537. The lowest BCUT2D eigenvalue weighted by Gasteiger charge is -2.35. The Bertz CT molecular complexity index is 1780. The van der Waals surface area contributed by atoms with E-state index >= 15 is 0 Å². The zero-order chi connectivity index (χ0) is 34.1. The molecule has 1 aliphatic carbocycles. The van der Waals surface area contributed by atoms with Crippen LogP contribution in [-0.2, 0) is 32.6 Å². The number of nitrogens with zero attached hydrogens (tertiary/aromatic N) is 2. The monoisotopic (exact) mass is 707 g/mol. The molecule has 0 unspecified atom stereocenters. The average Bonchev–Trinajstić information content (AvgIpc) is 3.10. The minimum absolute atomic E-state index is 0.00802. The Kier molecular flexibility index (Phi) is 12.0. The van der Waals surface area contributed by atoms with Gasteiger partial charge in [-0.2, -0.15) is 0 Å². The number of sulfonamides is 1. The molecule has 0 saturated heterocycles. The lowest BCUT2D eigenvalue weighted by atomic mass is 9.94. The number of rotatable bonds is 13. The fourth-order valence-corrected chi connectivity index (χ4v) is 7.69. The van der Waals surface area contributed by atoms with Crippen molar-refractivity contribution in [2.75, 3.05) is 18.0 Å². The Morgan fingerprint density at radius 2 is 1.50 bits per heavy atom. The number of carbonyl (C=O) groups excluding carboxylic acids is 2. The number of ether oxygens (including phenoxy) is 1. The molecule has 5 rings (SSSR count). The van der Waals surface area contributed by atoms with E-state index in [4.69, 9.17) is 27.9 Å². The summed E-state index contributed by atoms with van der Waals surface area (Å²) in [5.41, 5.74) is 1.82. The van der Waals surface area contributed by atoms with Crippen molar-refractivity contribution in [3.63, 3.8) is 0 Å². The van der Waals surface area contributed by atoms with Crippen molar-refractivity contribution in [1.82, 2.24) is 10.2 Å². The molecule has 1 fully saturated rings. The first-order chi connectivity index (χ1) is 23.1. The van der Waals surface area contributed by atoms with Crippen molar-refractivity contribution in [2.24, 2.45) is 0 Å². The predicted molar refractivity (Wildman–Crippen MR) is 190 cm³/mol. The smallest absolute Gasteiger partial charge is 0.264 e. The Hall–Kier alpha value is -4.05. The van der Waals surface area contributed by atoms with E-state index in [1.165, 1.54) is 24.1 Å². The van der Waals surface area contributed by atoms with Crippen LogP contribution in [-0.4, -0.2) is 50.9 Å². The molecule has 1 saturated carbocycles. The summed E-state index contributed by atoms with van der Waals surface area (Å²) in [4.78, 5) is 30.3. The number of halogens is 2. The zero-order valence-corrected chi connectivity index (χ0v) is 29.1. The predicted octanol–water partition coefficient (Wildman–Crippen LogP) is 7.29. The molecule has 0 aliphatic heterocycles. The highest BCUT2D eigenvalue weighted by Crippen LogP contribution is 2.28. The van der Waals surface area contributed by atoms with Gasteiger partial charge in [0, 0.05) is 29.1 Å². The van der Waals surface area contributed by atoms with Crippen LogP contribution in [0.5, 0.6) is 5.75 Å². The number of hydrogen-bond donors (Lipinski definition) is 1. The maximum Gasteiger partial charge on any atom is 0.264 e. The molecule has 2 amide bonds. The van der Waals surface area contributed by atoms with Crippen LogP contribution >= 0.6 is 23.2 Å². The Balaban J connectivity index is 1.56. The van der Waals surface area contributed by atoms with Crippen LogP contribution in [0.25, 0.3) is 0 Å². The Morgan fingerprint density at radius 3 is 2.15 bits per heavy atom. The van der Waals surface area contributed by atoms with Gasteiger partial charge in [-0.3, -0.25) is 13.9 Å². The van der Waals surface area contributed by atoms with Gasteiger partial charge in [0.1, 0.15) is 18.3 Å². The highest BCUT2D eigenvalue weighted by molar-refractivity contribution is 7.92. The lowest BCUT2D eigenvalue weighted by molar-refractivity contribution is -0.140. The van der Waals surface area contributed by atoms with Gasteiger partial charge in [-0.05, 0) is 84.6 Å². The molecule has 4 aromatic carbocycles. The van der Waals surface area contributed by atoms with E-state index < -0.39 is 28.5 Å². The van der Waals surface area contributed by atoms with Crippen LogP contribution in [0.2, 0.25) is 10.0 Å². The molecule has 1 aliphatic rings. The quantitative estimate of drug-likeness (QED) is 0.158. The molecular formula is C37H39Cl2N3O5S. The van der Waals surface area contributed by atoms with Crippen molar-refractivity contribution in [2.45, 2.75) is 62.0 Å². The molecule has 252 valence electrons. The highest BCUT2D eigenvalue weighted by atomic mass is 35.5. The summed E-state index contributed by atoms with van der Waals surface area (Å²) in [5, 5.41) is 4.11. The van der Waals surface area contributed by atoms with E-state index in [0.717, 1.165) is 42.0 Å². The number of methoxy groups -OCH3 is 1. The third-order valence-corrected chi connectivity index (χ3v) is 10.8. The third-order valence-electron chi connectivity index (χ3n) is 8.51. The zero-order valence-electron chi connectivity index (χ0n) is 26.7. The van der Waals surface area contributed by atoms with Crippen LogP contribution < -0.4 is 14.4 Å². The molecule has 0 spiro atoms. The largest absolute Gasteiger partial charge is 0.497 e. The first kappa shape index (κ1) is 35.3. The van der Waals surface area contributed by atoms with Crippen molar-refractivity contribution in [1.29, 1.82) is 0 Å². The first-order valence-corrected chi connectivity index (χ1v) is 18.1. The van der Waals surface area contributed by atoms with E-state index in [1.807, 2.05) is 36.4 Å². The van der Waals surface area contributed by atoms with Crippen LogP contribution in [0, 0.1) is 0 Å². The first-order valence-electron chi connectivity index (χ1n) is 15.9. The van der Waals surface area contributed by atoms with Gasteiger partial charge in [-0.25, -0.2) is 8.42 Å². The van der Waals surface area contributed by atoms with Gasteiger partial charge in [0.2, 0.25) is 11.8 Å². The van der Waals surface area contributed by atoms with Crippen molar-refractivity contribution < 1.29 is 22.7 Å². The van der Waals surface area contributed by atoms with Gasteiger partial charge < -0.3 is 15.0 Å². The number of amides is 2. The normalized spacial score (nSPS) is 14.1. The van der Waals surface area contributed by atoms with Crippen molar-refractivity contribution >= 4 is 50.7 Å². The topological polar surface area (TPSA) is 96.0 Å². The van der Waals surface area contributed by atoms with Crippen molar-refractivity contribution in [3.8, 4) is 5.75 Å². The molecule has 0 radical (unpaired) electrons. The third kappa shape index (κ3) is 9.09. The van der Waals surface area contributed by atoms with Gasteiger partial charge in [-0.15, -0.1) is 0 Å². The molecule has 1 N–H and O–H groups in total. The fourth-order valence-electron chi connectivity index (χ4n) is 5.94. The van der Waals surface area contributed by atoms with E-state index in [2.05, 4.69) is 5.32 Å². The fraction of sp³-hybridized carbons (Fsp3) is 0.297. The molecule has 8 nitrogen and oxygen atoms in total. The number of hydrogen-bond acceptors (Lipinski definition) is 5. The Labute approximate surface area is 292 Å². The molecular weight excluding hydrogens is 669 g/mol. The minimum atomic E-state index is -4.26. The van der Waals surface area contributed by atoms with E-state index in [1.54, 1.807) is 54.6 Å². The molecule has 1 atom stereocenters. The summed E-state index contributed by atoms with van der Waals surface area (Å²) in [6.07, 6.45) is 5.16. The van der Waals surface area contributed by atoms with Crippen LogP contribution in [0.1, 0.15) is 43.2 Å². The standard InChI is InChI=1S/C37H39Cl2N3O5S/c1-47-33-19-21-34(22-20-33)48(45,46)42(32-17-15-29(38)16-18-32)26-36(43)41(25-28-11-8-12-30(39)23-28)35(24-27-9-4-2-5-10-27)37(44)40-31-13-6-3-7-14-31/h2,4-5,8-12,15-23,31,35H,3,6-7,13-14,24-26H2,1H3,(H,40,44)/t35-/m0/s1. The molecule has 0 heterocycles. The van der Waals surface area contributed by atoms with Gasteiger partial charge in [0.15, 0.2) is 0 Å². The lowest BCUT2D eigenvalue weighted by Crippen LogP contribution is -2.55. The number of nitrogens with one attached hydrogen (secondary N) is 1. The van der Waals surface area contributed by atoms with Gasteiger partial charge >= 0.3 is 0 Å². The molecule has 0 aromatic heterocycles. The second-order valence-corrected chi connectivity index (χ2v) is 14.6. The maximum atomic E-state index is 14.7. The van der Waals surface area contributed by atoms with Gasteiger partial charge in [-0.1, -0.05) is 84.9 Å². The second kappa shape index (κ2) is 16.4. The Morgan fingerprint density at radius 1 is 0.833 bits per heavy atom. The molecule has 48 heavy (non-hydrogen) atoms. The summed E-state index contributed by atoms with van der Waals surface area (Å²) in [6, 6.07) is 27.8. The number of benzene rings is 4. The summed E-state index contributed by atoms with van der Waals surface area (Å²) in [5.74, 6) is -0.345. The number of anilines is 1.